The van der Waals surface area contributed by atoms with Crippen LogP contribution in [0.4, 0.5) is 4.79 Å². The number of hydroxylamine groups is 1. The molecule has 192 valence electrons. The molecule has 0 saturated heterocycles. The second-order valence-corrected chi connectivity index (χ2v) is 9.35. The molecule has 10 heteroatoms. The molecule has 1 aromatic heterocycles. The topological polar surface area (TPSA) is 154 Å². The average Bonchev–Trinajstić information content (AvgIpc) is 2.85. The molecule has 0 saturated carbocycles. The molecule has 3 atom stereocenters. The Labute approximate surface area is 209 Å². The van der Waals surface area contributed by atoms with E-state index in [1.165, 1.54) is 6.20 Å². The summed E-state index contributed by atoms with van der Waals surface area (Å²) in [5.41, 5.74) is 2.67. The van der Waals surface area contributed by atoms with Crippen LogP contribution in [-0.4, -0.2) is 55.1 Å². The summed E-state index contributed by atoms with van der Waals surface area (Å²) < 4.78 is 5.32. The Morgan fingerprint density at radius 3 is 2.39 bits per heavy atom. The predicted molar refractivity (Wildman–Crippen MR) is 132 cm³/mol. The van der Waals surface area contributed by atoms with E-state index in [0.717, 1.165) is 5.56 Å². The van der Waals surface area contributed by atoms with E-state index in [0.29, 0.717) is 11.0 Å². The van der Waals surface area contributed by atoms with Crippen LogP contribution in [0, 0.1) is 5.92 Å². The van der Waals surface area contributed by atoms with Crippen molar-refractivity contribution in [2.24, 2.45) is 5.92 Å². The minimum Gasteiger partial charge on any atom is -0.391 e. The molecule has 0 radical (unpaired) electrons. The maximum absolute atomic E-state index is 12.7. The third-order valence-electron chi connectivity index (χ3n) is 5.80. The van der Waals surface area contributed by atoms with Crippen molar-refractivity contribution in [3.8, 4) is 5.88 Å². The van der Waals surface area contributed by atoms with Gasteiger partial charge in [0.05, 0.1) is 35.0 Å². The lowest BCUT2D eigenvalue weighted by atomic mass is 9.87. The van der Waals surface area contributed by atoms with Gasteiger partial charge in [0.1, 0.15) is 0 Å². The minimum atomic E-state index is -1.16. The third kappa shape index (κ3) is 8.26. The van der Waals surface area contributed by atoms with Gasteiger partial charge in [-0.3, -0.25) is 10.0 Å². The van der Waals surface area contributed by atoms with Crippen molar-refractivity contribution in [3.63, 3.8) is 0 Å². The second kappa shape index (κ2) is 12.4. The maximum atomic E-state index is 12.7. The molecule has 3 aromatic rings. The molecule has 10 nitrogen and oxygen atoms in total. The van der Waals surface area contributed by atoms with Crippen LogP contribution in [-0.2, 0) is 11.2 Å². The molecule has 0 unspecified atom stereocenters. The van der Waals surface area contributed by atoms with Crippen molar-refractivity contribution >= 4 is 23.0 Å². The van der Waals surface area contributed by atoms with Gasteiger partial charge >= 0.3 is 6.09 Å². The number of carbonyl (C=O) groups excluding carboxylic acids is 2. The lowest BCUT2D eigenvalue weighted by molar-refractivity contribution is -0.135. The number of para-hydroxylation sites is 2. The lowest BCUT2D eigenvalue weighted by Crippen LogP contribution is -2.47. The first kappa shape index (κ1) is 27.0. The molecular formula is C26H32N4O6. The van der Waals surface area contributed by atoms with Gasteiger partial charge in [0.2, 0.25) is 11.8 Å². The number of rotatable bonds is 11. The van der Waals surface area contributed by atoms with Crippen molar-refractivity contribution in [1.82, 2.24) is 20.8 Å². The van der Waals surface area contributed by atoms with Crippen molar-refractivity contribution < 1.29 is 29.7 Å². The quantitative estimate of drug-likeness (QED) is 0.201. The van der Waals surface area contributed by atoms with Gasteiger partial charge in [-0.25, -0.2) is 20.2 Å². The fraction of sp³-hybridized carbons (Fsp3) is 0.385. The summed E-state index contributed by atoms with van der Waals surface area (Å²) in [5, 5.41) is 32.9. The number of aromatic nitrogens is 2. The van der Waals surface area contributed by atoms with E-state index < -0.39 is 35.7 Å². The van der Waals surface area contributed by atoms with Crippen molar-refractivity contribution in [3.05, 3.63) is 66.4 Å². The standard InChI is InChI=1S/C26H32N4O6/c1-26(2,34)13-12-18(24(32)30-35)15-22(31)21(14-17-8-4-3-5-9-17)29-25(33)36-23-16-27-19-10-6-7-11-20(19)28-23/h3-11,16,18,21-22,31,34-35H,12-15H2,1-2H3,(H,29,33)(H,30,32)/t18-,21+,22+/m1/s1. The molecule has 0 bridgehead atoms. The Morgan fingerprint density at radius 2 is 1.72 bits per heavy atom. The van der Waals surface area contributed by atoms with E-state index in [1.54, 1.807) is 37.5 Å². The molecule has 3 rings (SSSR count). The van der Waals surface area contributed by atoms with E-state index in [9.17, 15) is 19.8 Å². The van der Waals surface area contributed by atoms with Crippen LogP contribution in [0.3, 0.4) is 0 Å². The van der Waals surface area contributed by atoms with Crippen LogP contribution in [0.5, 0.6) is 5.88 Å². The number of nitrogens with zero attached hydrogens (tertiary/aromatic N) is 2. The highest BCUT2D eigenvalue weighted by Gasteiger charge is 2.30. The SMILES string of the molecule is CC(C)(O)CC[C@H](C[C@H](O)[C@H](Cc1ccccc1)NC(=O)Oc1cnc2ccccc2n1)C(=O)NO. The summed E-state index contributed by atoms with van der Waals surface area (Å²) in [6, 6.07) is 15.6. The van der Waals surface area contributed by atoms with E-state index in [-0.39, 0.29) is 31.6 Å². The normalized spacial score (nSPS) is 14.0. The number of nitrogens with one attached hydrogen (secondary N) is 2. The molecule has 0 aliphatic carbocycles. The second-order valence-electron chi connectivity index (χ2n) is 9.35. The van der Waals surface area contributed by atoms with Crippen LogP contribution in [0.15, 0.2) is 60.8 Å². The number of fused-ring (bicyclic) bond motifs is 1. The minimum absolute atomic E-state index is 0.00172. The molecule has 36 heavy (non-hydrogen) atoms. The highest BCUT2D eigenvalue weighted by molar-refractivity contribution is 5.77. The summed E-state index contributed by atoms with van der Waals surface area (Å²) in [6.07, 6.45) is 0.0429. The summed E-state index contributed by atoms with van der Waals surface area (Å²) in [4.78, 5) is 33.4. The first-order valence-corrected chi connectivity index (χ1v) is 11.7. The zero-order chi connectivity index (χ0) is 26.1. The third-order valence-corrected chi connectivity index (χ3v) is 5.80. The van der Waals surface area contributed by atoms with Crippen LogP contribution in [0.1, 0.15) is 38.7 Å². The van der Waals surface area contributed by atoms with Crippen LogP contribution in [0.25, 0.3) is 11.0 Å². The highest BCUT2D eigenvalue weighted by Crippen LogP contribution is 2.22. The van der Waals surface area contributed by atoms with E-state index in [4.69, 9.17) is 9.94 Å². The smallest absolute Gasteiger partial charge is 0.391 e. The number of aliphatic hydroxyl groups is 2. The molecule has 2 amide bonds. The van der Waals surface area contributed by atoms with Gasteiger partial charge in [-0.05, 0) is 57.2 Å². The van der Waals surface area contributed by atoms with Gasteiger partial charge in [0.25, 0.3) is 0 Å². The number of hydrogen-bond donors (Lipinski definition) is 5. The first-order valence-electron chi connectivity index (χ1n) is 11.7. The fourth-order valence-corrected chi connectivity index (χ4v) is 3.85. The Kier molecular flexibility index (Phi) is 9.29. The Hall–Kier alpha value is -3.60. The highest BCUT2D eigenvalue weighted by atomic mass is 16.6. The maximum Gasteiger partial charge on any atom is 0.414 e. The van der Waals surface area contributed by atoms with Gasteiger partial charge in [-0.1, -0.05) is 42.5 Å². The van der Waals surface area contributed by atoms with E-state index in [1.807, 2.05) is 36.4 Å². The summed E-state index contributed by atoms with van der Waals surface area (Å²) in [7, 11) is 0. The Balaban J connectivity index is 1.73. The van der Waals surface area contributed by atoms with E-state index >= 15 is 0 Å². The van der Waals surface area contributed by atoms with Crippen molar-refractivity contribution in [2.45, 2.75) is 57.3 Å². The average molecular weight is 497 g/mol. The van der Waals surface area contributed by atoms with Gasteiger partial charge in [0.15, 0.2) is 0 Å². The van der Waals surface area contributed by atoms with Crippen LogP contribution < -0.4 is 15.5 Å². The number of carbonyl (C=O) groups is 2. The van der Waals surface area contributed by atoms with Gasteiger partial charge in [0, 0.05) is 5.92 Å². The van der Waals surface area contributed by atoms with Crippen LogP contribution >= 0.6 is 0 Å². The number of hydrogen-bond acceptors (Lipinski definition) is 8. The fourth-order valence-electron chi connectivity index (χ4n) is 3.85. The molecule has 5 N–H and O–H groups in total. The number of ether oxygens (including phenoxy) is 1. The molecule has 0 aliphatic rings. The van der Waals surface area contributed by atoms with Gasteiger partial charge in [-0.2, -0.15) is 0 Å². The zero-order valence-electron chi connectivity index (χ0n) is 20.3. The summed E-state index contributed by atoms with van der Waals surface area (Å²) in [5.74, 6) is -1.47. The van der Waals surface area contributed by atoms with E-state index in [2.05, 4.69) is 15.3 Å². The molecule has 0 spiro atoms. The van der Waals surface area contributed by atoms with Crippen molar-refractivity contribution in [1.29, 1.82) is 0 Å². The monoisotopic (exact) mass is 496 g/mol. The van der Waals surface area contributed by atoms with Crippen LogP contribution in [0.2, 0.25) is 0 Å². The molecule has 1 heterocycles. The Morgan fingerprint density at radius 1 is 1.06 bits per heavy atom. The largest absolute Gasteiger partial charge is 0.414 e. The first-order chi connectivity index (χ1) is 17.1. The van der Waals surface area contributed by atoms with Gasteiger partial charge in [-0.15, -0.1) is 0 Å². The number of aliphatic hydroxyl groups excluding tert-OH is 1. The summed E-state index contributed by atoms with van der Waals surface area (Å²) in [6.45, 7) is 3.23. The predicted octanol–water partition coefficient (Wildman–Crippen LogP) is 2.75. The van der Waals surface area contributed by atoms with Crippen molar-refractivity contribution in [2.75, 3.05) is 0 Å². The summed E-state index contributed by atoms with van der Waals surface area (Å²) >= 11 is 0. The molecule has 2 aromatic carbocycles. The molecule has 0 aliphatic heterocycles. The number of benzene rings is 2. The Bertz CT molecular complexity index is 1150. The molecule has 0 fully saturated rings. The number of amides is 2. The van der Waals surface area contributed by atoms with Gasteiger partial charge < -0.3 is 20.3 Å². The lowest BCUT2D eigenvalue weighted by Gasteiger charge is -2.28. The molecular weight excluding hydrogens is 464 g/mol. The zero-order valence-corrected chi connectivity index (χ0v) is 20.3.